The Morgan fingerprint density at radius 2 is 1.33 bits per heavy atom. The lowest BCUT2D eigenvalue weighted by atomic mass is 10.1. The van der Waals surface area contributed by atoms with Crippen LogP contribution in [0.1, 0.15) is 48.0 Å². The van der Waals surface area contributed by atoms with Gasteiger partial charge in [0.25, 0.3) is 6.69 Å². The summed E-state index contributed by atoms with van der Waals surface area (Å²) in [5.74, 6) is 0. The second-order valence-corrected chi connectivity index (χ2v) is 13.0. The number of hydrogen-bond acceptors (Lipinski definition) is 0. The van der Waals surface area contributed by atoms with Gasteiger partial charge in [-0.15, -0.1) is 22.2 Å². The maximum Gasteiger partial charge on any atom is 0.261 e. The maximum absolute atomic E-state index is 6.51. The summed E-state index contributed by atoms with van der Waals surface area (Å²) in [6.45, 7) is 10.7. The highest BCUT2D eigenvalue weighted by atomic mass is 35.7. The second kappa shape index (κ2) is 3.51. The zero-order valence-corrected chi connectivity index (χ0v) is 11.5. The molecule has 0 amide bonds. The summed E-state index contributed by atoms with van der Waals surface area (Å²) >= 11 is 13.0. The van der Waals surface area contributed by atoms with E-state index in [4.69, 9.17) is 22.2 Å². The molecule has 0 bridgehead atoms. The van der Waals surface area contributed by atoms with Crippen LogP contribution >= 0.6 is 22.2 Å². The van der Waals surface area contributed by atoms with E-state index in [9.17, 15) is 0 Å². The van der Waals surface area contributed by atoms with Crippen LogP contribution in [0.4, 0.5) is 0 Å². The average Bonchev–Trinajstić information content (AvgIpc) is 1.85. The van der Waals surface area contributed by atoms with Gasteiger partial charge < -0.3 is 0 Å². The fourth-order valence-corrected chi connectivity index (χ4v) is 4.51. The lowest BCUT2D eigenvalue weighted by molar-refractivity contribution is 0.590. The first-order chi connectivity index (χ1) is 5.06. The fourth-order valence-electron chi connectivity index (χ4n) is 1.24. The first-order valence-corrected chi connectivity index (χ1v) is 8.46. The molecule has 74 valence electrons. The predicted octanol–water partition coefficient (Wildman–Crippen LogP) is 4.90. The number of halogens is 2. The number of hydrogen-bond donors (Lipinski definition) is 0. The van der Waals surface area contributed by atoms with E-state index < -0.39 is 6.69 Å². The highest BCUT2D eigenvalue weighted by molar-refractivity contribution is 7.47. The Labute approximate surface area is 87.1 Å². The van der Waals surface area contributed by atoms with Gasteiger partial charge >= 0.3 is 0 Å². The molecule has 0 saturated heterocycles. The van der Waals surface area contributed by atoms with E-state index in [0.717, 1.165) is 6.42 Å². The normalized spacial score (nSPS) is 15.0. The van der Waals surface area contributed by atoms with E-state index in [1.54, 1.807) is 0 Å². The minimum atomic E-state index is -2.19. The molecule has 0 N–H and O–H groups in total. The van der Waals surface area contributed by atoms with Gasteiger partial charge in [-0.05, 0) is 10.1 Å². The van der Waals surface area contributed by atoms with Crippen molar-refractivity contribution in [2.75, 3.05) is 0 Å². The Morgan fingerprint density at radius 3 is 1.42 bits per heavy atom. The van der Waals surface area contributed by atoms with Crippen molar-refractivity contribution in [2.24, 2.45) is 0 Å². The summed E-state index contributed by atoms with van der Waals surface area (Å²) in [5, 5.41) is 0.143. The molecule has 0 aromatic carbocycles. The van der Waals surface area contributed by atoms with E-state index >= 15 is 0 Å². The van der Waals surface area contributed by atoms with Crippen LogP contribution in [0.2, 0.25) is 10.1 Å². The predicted molar refractivity (Wildman–Crippen MR) is 61.5 cm³/mol. The van der Waals surface area contributed by atoms with Crippen LogP contribution in [0.25, 0.3) is 0 Å². The molecule has 0 saturated carbocycles. The smallest absolute Gasteiger partial charge is 0.145 e. The monoisotopic (exact) mass is 226 g/mol. The molecular formula is C9H20Cl2Si. The highest BCUT2D eigenvalue weighted by Gasteiger charge is 2.52. The van der Waals surface area contributed by atoms with E-state index in [-0.39, 0.29) is 10.1 Å². The third-order valence-corrected chi connectivity index (χ3v) is 13.1. The van der Waals surface area contributed by atoms with E-state index in [1.807, 2.05) is 0 Å². The van der Waals surface area contributed by atoms with Crippen molar-refractivity contribution in [3.8, 4) is 0 Å². The van der Waals surface area contributed by atoms with Crippen molar-refractivity contribution in [1.29, 1.82) is 0 Å². The Morgan fingerprint density at radius 1 is 1.00 bits per heavy atom. The van der Waals surface area contributed by atoms with Crippen LogP contribution in [0.5, 0.6) is 0 Å². The molecule has 0 aliphatic heterocycles. The molecule has 0 radical (unpaired) electrons. The van der Waals surface area contributed by atoms with Crippen molar-refractivity contribution in [2.45, 2.75) is 58.0 Å². The van der Waals surface area contributed by atoms with Gasteiger partial charge in [-0.1, -0.05) is 48.0 Å². The zero-order chi connectivity index (χ0) is 10.2. The summed E-state index contributed by atoms with van der Waals surface area (Å²) in [6, 6.07) is 0. The molecule has 0 aliphatic rings. The molecule has 0 aliphatic carbocycles. The van der Waals surface area contributed by atoms with Crippen LogP contribution in [-0.2, 0) is 0 Å². The molecule has 0 atom stereocenters. The van der Waals surface area contributed by atoms with Gasteiger partial charge in [0.2, 0.25) is 0 Å². The lowest BCUT2D eigenvalue weighted by Crippen LogP contribution is -2.42. The standard InChI is InChI=1S/C9H20Cl2Si/c1-7-9(5,6)12(10,11)8(2,3)4/h7H2,1-6H3. The molecule has 3 heteroatoms. The van der Waals surface area contributed by atoms with E-state index in [0.29, 0.717) is 0 Å². The Bertz CT molecular complexity index is 156. The largest absolute Gasteiger partial charge is 0.261 e. The summed E-state index contributed by atoms with van der Waals surface area (Å²) in [6.07, 6.45) is 1.05. The van der Waals surface area contributed by atoms with E-state index in [1.165, 1.54) is 0 Å². The lowest BCUT2D eigenvalue weighted by Gasteiger charge is -2.43. The molecule has 0 unspecified atom stereocenters. The van der Waals surface area contributed by atoms with Gasteiger partial charge in [-0.25, -0.2) is 0 Å². The summed E-state index contributed by atoms with van der Waals surface area (Å²) in [4.78, 5) is 0. The minimum Gasteiger partial charge on any atom is -0.145 e. The summed E-state index contributed by atoms with van der Waals surface area (Å²) < 4.78 is 0. The minimum absolute atomic E-state index is 0.0512. The summed E-state index contributed by atoms with van der Waals surface area (Å²) in [7, 11) is 0. The highest BCUT2D eigenvalue weighted by Crippen LogP contribution is 2.57. The van der Waals surface area contributed by atoms with Gasteiger partial charge in [0, 0.05) is 0 Å². The topological polar surface area (TPSA) is 0 Å². The van der Waals surface area contributed by atoms with Gasteiger partial charge in [0.05, 0.1) is 0 Å². The van der Waals surface area contributed by atoms with Gasteiger partial charge in [0.15, 0.2) is 0 Å². The Balaban J connectivity index is 4.85. The first-order valence-electron chi connectivity index (χ1n) is 4.44. The zero-order valence-electron chi connectivity index (χ0n) is 8.96. The Kier molecular flexibility index (Phi) is 3.74. The molecule has 0 aromatic rings. The van der Waals surface area contributed by atoms with Crippen LogP contribution in [0, 0.1) is 0 Å². The third-order valence-electron chi connectivity index (χ3n) is 2.68. The molecule has 12 heavy (non-hydrogen) atoms. The van der Waals surface area contributed by atoms with Crippen LogP contribution in [-0.4, -0.2) is 6.69 Å². The van der Waals surface area contributed by atoms with E-state index in [2.05, 4.69) is 41.5 Å². The van der Waals surface area contributed by atoms with Crippen LogP contribution in [0.3, 0.4) is 0 Å². The van der Waals surface area contributed by atoms with Crippen LogP contribution in [0.15, 0.2) is 0 Å². The molecule has 0 aromatic heterocycles. The SMILES string of the molecule is CCC(C)(C)[Si](Cl)(Cl)C(C)(C)C. The van der Waals surface area contributed by atoms with Gasteiger partial charge in [-0.3, -0.25) is 0 Å². The van der Waals surface area contributed by atoms with Crippen molar-refractivity contribution in [3.05, 3.63) is 0 Å². The molecule has 0 spiro atoms. The van der Waals surface area contributed by atoms with Gasteiger partial charge in [-0.2, -0.15) is 0 Å². The number of rotatable bonds is 2. The molecule has 0 fully saturated rings. The third kappa shape index (κ3) is 2.18. The quantitative estimate of drug-likeness (QED) is 0.465. The van der Waals surface area contributed by atoms with Crippen molar-refractivity contribution < 1.29 is 0 Å². The van der Waals surface area contributed by atoms with Gasteiger partial charge in [0.1, 0.15) is 0 Å². The second-order valence-electron chi connectivity index (χ2n) is 5.06. The molecule has 0 heterocycles. The Hall–Kier alpha value is 0.797. The van der Waals surface area contributed by atoms with Crippen molar-refractivity contribution in [1.82, 2.24) is 0 Å². The maximum atomic E-state index is 6.51. The molecule has 0 nitrogen and oxygen atoms in total. The summed E-state index contributed by atoms with van der Waals surface area (Å²) in [5.41, 5.74) is 0. The fraction of sp³-hybridized carbons (Fsp3) is 1.00. The van der Waals surface area contributed by atoms with Crippen molar-refractivity contribution in [3.63, 3.8) is 0 Å². The molecular weight excluding hydrogens is 207 g/mol. The molecule has 0 rings (SSSR count). The van der Waals surface area contributed by atoms with Crippen molar-refractivity contribution >= 4 is 28.9 Å². The van der Waals surface area contributed by atoms with Crippen LogP contribution < -0.4 is 0 Å². The first kappa shape index (κ1) is 12.8. The average molecular weight is 227 g/mol.